The van der Waals surface area contributed by atoms with Gasteiger partial charge in [-0.05, 0) is 18.8 Å². The molecular formula is C8H18N2O3S. The Morgan fingerprint density at radius 1 is 1.43 bits per heavy atom. The first-order valence-electron chi connectivity index (χ1n) is 4.78. The molecule has 0 spiro atoms. The highest BCUT2D eigenvalue weighted by Crippen LogP contribution is 2.24. The Morgan fingerprint density at radius 3 is 2.50 bits per heavy atom. The van der Waals surface area contributed by atoms with Crippen molar-refractivity contribution in [2.45, 2.75) is 25.4 Å². The zero-order valence-corrected chi connectivity index (χ0v) is 9.42. The minimum atomic E-state index is -3.34. The summed E-state index contributed by atoms with van der Waals surface area (Å²) in [6, 6.07) is 0. The molecule has 5 nitrogen and oxygen atoms in total. The van der Waals surface area contributed by atoms with Crippen molar-refractivity contribution in [3.05, 3.63) is 0 Å². The number of hydrogen-bond donors (Lipinski definition) is 2. The SMILES string of the molecule is CN(C)S(=O)(=O)NCC1CCCC1O. The van der Waals surface area contributed by atoms with Gasteiger partial charge in [0.05, 0.1) is 6.10 Å². The van der Waals surface area contributed by atoms with Crippen LogP contribution in [-0.2, 0) is 10.2 Å². The summed E-state index contributed by atoms with van der Waals surface area (Å²) in [7, 11) is -0.378. The summed E-state index contributed by atoms with van der Waals surface area (Å²) in [5.41, 5.74) is 0. The van der Waals surface area contributed by atoms with Crippen LogP contribution in [0.25, 0.3) is 0 Å². The molecule has 2 N–H and O–H groups in total. The van der Waals surface area contributed by atoms with Crippen molar-refractivity contribution in [3.63, 3.8) is 0 Å². The Hall–Kier alpha value is -0.170. The highest BCUT2D eigenvalue weighted by Gasteiger charge is 2.26. The molecule has 1 fully saturated rings. The minimum absolute atomic E-state index is 0.0738. The van der Waals surface area contributed by atoms with Crippen LogP contribution in [0.4, 0.5) is 0 Å². The predicted molar refractivity (Wildman–Crippen MR) is 54.0 cm³/mol. The molecule has 0 bridgehead atoms. The summed E-state index contributed by atoms with van der Waals surface area (Å²) in [5.74, 6) is 0.0738. The molecule has 0 aliphatic heterocycles. The molecule has 0 saturated heterocycles. The highest BCUT2D eigenvalue weighted by molar-refractivity contribution is 7.87. The maximum Gasteiger partial charge on any atom is 0.278 e. The average Bonchev–Trinajstić information content (AvgIpc) is 2.47. The number of nitrogens with zero attached hydrogens (tertiary/aromatic N) is 1. The summed E-state index contributed by atoms with van der Waals surface area (Å²) in [5, 5.41) is 9.48. The molecule has 14 heavy (non-hydrogen) atoms. The van der Waals surface area contributed by atoms with E-state index in [-0.39, 0.29) is 12.0 Å². The van der Waals surface area contributed by atoms with E-state index >= 15 is 0 Å². The molecule has 0 aromatic rings. The van der Waals surface area contributed by atoms with Gasteiger partial charge < -0.3 is 5.11 Å². The quantitative estimate of drug-likeness (QED) is 0.676. The molecule has 0 aromatic heterocycles. The second-order valence-electron chi connectivity index (χ2n) is 3.89. The summed E-state index contributed by atoms with van der Waals surface area (Å²) in [6.07, 6.45) is 2.32. The van der Waals surface area contributed by atoms with Gasteiger partial charge in [0.15, 0.2) is 0 Å². The van der Waals surface area contributed by atoms with Crippen LogP contribution in [0.3, 0.4) is 0 Å². The third-order valence-corrected chi connectivity index (χ3v) is 4.12. The van der Waals surface area contributed by atoms with Crippen molar-refractivity contribution in [1.82, 2.24) is 9.03 Å². The van der Waals surface area contributed by atoms with Crippen molar-refractivity contribution >= 4 is 10.2 Å². The Labute approximate surface area is 85.3 Å². The molecule has 0 amide bonds. The molecule has 84 valence electrons. The predicted octanol–water partition coefficient (Wildman–Crippen LogP) is -0.457. The Kier molecular flexibility index (Phi) is 3.88. The van der Waals surface area contributed by atoms with Crippen LogP contribution in [0.1, 0.15) is 19.3 Å². The van der Waals surface area contributed by atoms with E-state index in [2.05, 4.69) is 4.72 Å². The topological polar surface area (TPSA) is 69.6 Å². The fourth-order valence-electron chi connectivity index (χ4n) is 1.60. The summed E-state index contributed by atoms with van der Waals surface area (Å²) in [4.78, 5) is 0. The van der Waals surface area contributed by atoms with Gasteiger partial charge in [-0.25, -0.2) is 4.72 Å². The Balaban J connectivity index is 2.40. The van der Waals surface area contributed by atoms with E-state index in [0.717, 1.165) is 23.6 Å². The van der Waals surface area contributed by atoms with Crippen LogP contribution in [0.5, 0.6) is 0 Å². The van der Waals surface area contributed by atoms with Gasteiger partial charge >= 0.3 is 0 Å². The van der Waals surface area contributed by atoms with Gasteiger partial charge in [0, 0.05) is 20.6 Å². The maximum absolute atomic E-state index is 11.3. The fraction of sp³-hybridized carbons (Fsp3) is 1.00. The smallest absolute Gasteiger partial charge is 0.278 e. The number of aliphatic hydroxyl groups is 1. The van der Waals surface area contributed by atoms with Crippen LogP contribution in [0.15, 0.2) is 0 Å². The molecule has 0 radical (unpaired) electrons. The first-order valence-corrected chi connectivity index (χ1v) is 6.22. The van der Waals surface area contributed by atoms with E-state index in [1.54, 1.807) is 0 Å². The highest BCUT2D eigenvalue weighted by atomic mass is 32.2. The molecule has 6 heteroatoms. The van der Waals surface area contributed by atoms with Gasteiger partial charge in [-0.1, -0.05) is 6.42 Å². The number of aliphatic hydroxyl groups excluding tert-OH is 1. The summed E-state index contributed by atoms with van der Waals surface area (Å²) < 4.78 is 26.3. The third-order valence-electron chi connectivity index (χ3n) is 2.63. The molecule has 1 rings (SSSR count). The lowest BCUT2D eigenvalue weighted by atomic mass is 10.1. The molecule has 1 aliphatic rings. The van der Waals surface area contributed by atoms with Gasteiger partial charge in [0.2, 0.25) is 0 Å². The van der Waals surface area contributed by atoms with E-state index in [9.17, 15) is 13.5 Å². The van der Waals surface area contributed by atoms with Gasteiger partial charge in [0.25, 0.3) is 10.2 Å². The van der Waals surface area contributed by atoms with Crippen molar-refractivity contribution in [1.29, 1.82) is 0 Å². The lowest BCUT2D eigenvalue weighted by Gasteiger charge is -2.17. The summed E-state index contributed by atoms with van der Waals surface area (Å²) >= 11 is 0. The van der Waals surface area contributed by atoms with Crippen LogP contribution < -0.4 is 4.72 Å². The zero-order valence-electron chi connectivity index (χ0n) is 8.60. The van der Waals surface area contributed by atoms with Gasteiger partial charge in [-0.15, -0.1) is 0 Å². The second-order valence-corrected chi connectivity index (χ2v) is 5.86. The molecule has 0 aromatic carbocycles. The molecule has 1 aliphatic carbocycles. The lowest BCUT2D eigenvalue weighted by molar-refractivity contribution is 0.134. The number of rotatable bonds is 4. The Bertz CT molecular complexity index is 276. The van der Waals surface area contributed by atoms with Crippen molar-refractivity contribution < 1.29 is 13.5 Å². The fourth-order valence-corrected chi connectivity index (χ4v) is 2.28. The molecule has 2 atom stereocenters. The third kappa shape index (κ3) is 2.91. The van der Waals surface area contributed by atoms with Crippen molar-refractivity contribution in [2.75, 3.05) is 20.6 Å². The van der Waals surface area contributed by atoms with E-state index in [1.165, 1.54) is 14.1 Å². The lowest BCUT2D eigenvalue weighted by Crippen LogP contribution is -2.39. The molecule has 2 unspecified atom stereocenters. The molecule has 0 heterocycles. The van der Waals surface area contributed by atoms with Crippen LogP contribution in [0.2, 0.25) is 0 Å². The van der Waals surface area contributed by atoms with Gasteiger partial charge in [0.1, 0.15) is 0 Å². The summed E-state index contributed by atoms with van der Waals surface area (Å²) in [6.45, 7) is 0.335. The normalized spacial score (nSPS) is 28.6. The molecular weight excluding hydrogens is 204 g/mol. The van der Waals surface area contributed by atoms with E-state index in [1.807, 2.05) is 0 Å². The van der Waals surface area contributed by atoms with Crippen LogP contribution >= 0.6 is 0 Å². The zero-order chi connectivity index (χ0) is 10.8. The first-order chi connectivity index (χ1) is 6.43. The largest absolute Gasteiger partial charge is 0.393 e. The van der Waals surface area contributed by atoms with E-state index in [4.69, 9.17) is 0 Å². The first kappa shape index (κ1) is 11.9. The van der Waals surface area contributed by atoms with E-state index in [0.29, 0.717) is 6.54 Å². The molecule has 1 saturated carbocycles. The number of hydrogen-bond acceptors (Lipinski definition) is 3. The number of nitrogens with one attached hydrogen (secondary N) is 1. The monoisotopic (exact) mass is 222 g/mol. The Morgan fingerprint density at radius 2 is 2.07 bits per heavy atom. The van der Waals surface area contributed by atoms with E-state index < -0.39 is 10.2 Å². The maximum atomic E-state index is 11.3. The van der Waals surface area contributed by atoms with Crippen molar-refractivity contribution in [3.8, 4) is 0 Å². The van der Waals surface area contributed by atoms with Crippen molar-refractivity contribution in [2.24, 2.45) is 5.92 Å². The average molecular weight is 222 g/mol. The standard InChI is InChI=1S/C8H18N2O3S/c1-10(2)14(12,13)9-6-7-4-3-5-8(7)11/h7-9,11H,3-6H2,1-2H3. The van der Waals surface area contributed by atoms with Crippen LogP contribution in [-0.4, -0.2) is 44.6 Å². The van der Waals surface area contributed by atoms with Gasteiger partial charge in [-0.2, -0.15) is 12.7 Å². The second kappa shape index (κ2) is 4.57. The van der Waals surface area contributed by atoms with Gasteiger partial charge in [-0.3, -0.25) is 0 Å². The minimum Gasteiger partial charge on any atom is -0.393 e. The van der Waals surface area contributed by atoms with Crippen LogP contribution in [0, 0.1) is 5.92 Å².